The topological polar surface area (TPSA) is 85.2 Å². The fourth-order valence-electron chi connectivity index (χ4n) is 2.94. The molecule has 1 N–H and O–H groups in total. The molecule has 2 aromatic rings. The van der Waals surface area contributed by atoms with Gasteiger partial charge < -0.3 is 15.0 Å². The highest BCUT2D eigenvalue weighted by molar-refractivity contribution is 7.99. The zero-order chi connectivity index (χ0) is 21.0. The third kappa shape index (κ3) is 5.32. The molecule has 0 unspecified atom stereocenters. The van der Waals surface area contributed by atoms with Crippen molar-refractivity contribution in [1.82, 2.24) is 25.1 Å². The first kappa shape index (κ1) is 22.1. The lowest BCUT2D eigenvalue weighted by atomic mass is 9.95. The van der Waals surface area contributed by atoms with Gasteiger partial charge >= 0.3 is 0 Å². The number of amides is 1. The summed E-state index contributed by atoms with van der Waals surface area (Å²) < 4.78 is 7.32. The molecule has 0 spiro atoms. The van der Waals surface area contributed by atoms with Crippen LogP contribution in [0.25, 0.3) is 11.0 Å². The van der Waals surface area contributed by atoms with Crippen molar-refractivity contribution in [2.45, 2.75) is 44.6 Å². The maximum absolute atomic E-state index is 12.3. The second kappa shape index (κ2) is 9.49. The lowest BCUT2D eigenvalue weighted by Gasteiger charge is -2.28. The maximum Gasteiger partial charge on any atom is 0.226 e. The van der Waals surface area contributed by atoms with Crippen molar-refractivity contribution >= 4 is 46.1 Å². The molecule has 0 atom stereocenters. The number of carbonyl (C=O) groups excluding carboxylic acids is 1. The summed E-state index contributed by atoms with van der Waals surface area (Å²) in [6.07, 6.45) is 1.81. The van der Waals surface area contributed by atoms with Gasteiger partial charge in [0, 0.05) is 30.8 Å². The molecule has 0 saturated carbocycles. The van der Waals surface area contributed by atoms with Gasteiger partial charge in [-0.25, -0.2) is 14.6 Å². The van der Waals surface area contributed by atoms with Gasteiger partial charge in [0.05, 0.1) is 36.8 Å². The third-order valence-corrected chi connectivity index (χ3v) is 6.20. The number of nitrogens with one attached hydrogen (secondary N) is 1. The van der Waals surface area contributed by atoms with Crippen molar-refractivity contribution < 1.29 is 9.53 Å². The summed E-state index contributed by atoms with van der Waals surface area (Å²) in [4.78, 5) is 24.1. The molecule has 3 heterocycles. The van der Waals surface area contributed by atoms with Crippen LogP contribution in [-0.4, -0.2) is 69.6 Å². The Hall–Kier alpha value is -1.58. The molecule has 0 aromatic carbocycles. The number of alkyl halides is 1. The Labute approximate surface area is 180 Å². The second-order valence-electron chi connectivity index (χ2n) is 7.97. The average Bonchev–Trinajstić information content (AvgIpc) is 3.10. The largest absolute Gasteiger partial charge is 0.378 e. The first-order chi connectivity index (χ1) is 13.8. The summed E-state index contributed by atoms with van der Waals surface area (Å²) in [5.41, 5.74) is 0.191. The Morgan fingerprint density at radius 3 is 2.72 bits per heavy atom. The van der Waals surface area contributed by atoms with Crippen LogP contribution in [0.1, 0.15) is 27.7 Å². The fourth-order valence-corrected chi connectivity index (χ4v) is 3.76. The highest BCUT2D eigenvalue weighted by Gasteiger charge is 2.26. The lowest BCUT2D eigenvalue weighted by molar-refractivity contribution is -0.128. The van der Waals surface area contributed by atoms with E-state index in [2.05, 4.69) is 29.2 Å². The van der Waals surface area contributed by atoms with E-state index in [1.165, 1.54) is 0 Å². The van der Waals surface area contributed by atoms with Gasteiger partial charge in [0.15, 0.2) is 10.8 Å². The van der Waals surface area contributed by atoms with E-state index in [0.717, 1.165) is 35.1 Å². The summed E-state index contributed by atoms with van der Waals surface area (Å²) >= 11 is 7.52. The molecule has 29 heavy (non-hydrogen) atoms. The minimum atomic E-state index is -0.597. The Morgan fingerprint density at radius 2 is 2.07 bits per heavy atom. The van der Waals surface area contributed by atoms with E-state index in [1.54, 1.807) is 11.8 Å². The molecule has 2 aromatic heterocycles. The average molecular weight is 441 g/mol. The van der Waals surface area contributed by atoms with E-state index in [-0.39, 0.29) is 11.8 Å². The molecule has 1 amide bonds. The van der Waals surface area contributed by atoms with Crippen LogP contribution < -0.4 is 10.2 Å². The predicted molar refractivity (Wildman–Crippen MR) is 117 cm³/mol. The number of hydrogen-bond donors (Lipinski definition) is 1. The highest BCUT2D eigenvalue weighted by Crippen LogP contribution is 2.29. The molecule has 1 saturated heterocycles. The molecule has 0 aliphatic carbocycles. The number of fused-ring (bicyclic) bond motifs is 1. The summed E-state index contributed by atoms with van der Waals surface area (Å²) in [5.74, 6) is 1.11. The number of anilines is 1. The van der Waals surface area contributed by atoms with Crippen molar-refractivity contribution in [3.8, 4) is 0 Å². The Kier molecular flexibility index (Phi) is 7.23. The predicted octanol–water partition coefficient (Wildman–Crippen LogP) is 2.54. The number of ether oxygens (including phenoxy) is 1. The number of aromatic nitrogens is 4. The molecule has 3 rings (SSSR count). The van der Waals surface area contributed by atoms with Gasteiger partial charge in [0.1, 0.15) is 5.82 Å². The summed E-state index contributed by atoms with van der Waals surface area (Å²) in [6.45, 7) is 11.9. The highest BCUT2D eigenvalue weighted by atomic mass is 35.5. The van der Waals surface area contributed by atoms with Gasteiger partial charge in [0.2, 0.25) is 5.91 Å². The number of hydrogen-bond acceptors (Lipinski definition) is 7. The zero-order valence-corrected chi connectivity index (χ0v) is 19.0. The standard InChI is InChI=1S/C19H29ClN6O2S/c1-13(2)29-18-23-15(25-7-9-28-10-8-25)14-11-22-26(16(14)24-18)6-5-21-17(27)19(3,4)12-20/h11,13H,5-10,12H2,1-4H3,(H,21,27). The summed E-state index contributed by atoms with van der Waals surface area (Å²) in [7, 11) is 0. The van der Waals surface area contributed by atoms with Crippen LogP contribution in [0.4, 0.5) is 5.82 Å². The minimum absolute atomic E-state index is 0.0661. The Bertz CT molecular complexity index is 851. The van der Waals surface area contributed by atoms with Gasteiger partial charge in [-0.3, -0.25) is 4.79 Å². The second-order valence-corrected chi connectivity index (χ2v) is 9.79. The Balaban J connectivity index is 1.84. The van der Waals surface area contributed by atoms with E-state index in [4.69, 9.17) is 26.3 Å². The molecule has 1 aliphatic heterocycles. The van der Waals surface area contributed by atoms with E-state index < -0.39 is 5.41 Å². The molecule has 1 fully saturated rings. The van der Waals surface area contributed by atoms with Crippen LogP contribution in [0.2, 0.25) is 0 Å². The number of morpholine rings is 1. The zero-order valence-electron chi connectivity index (χ0n) is 17.4. The van der Waals surface area contributed by atoms with Crippen LogP contribution in [0.5, 0.6) is 0 Å². The molecule has 160 valence electrons. The quantitative estimate of drug-likeness (QED) is 0.383. The van der Waals surface area contributed by atoms with Crippen LogP contribution in [0, 0.1) is 5.41 Å². The third-order valence-electron chi connectivity index (χ3n) is 4.67. The monoisotopic (exact) mass is 440 g/mol. The molecule has 1 aliphatic rings. The van der Waals surface area contributed by atoms with Gasteiger partial charge in [0.25, 0.3) is 0 Å². The fraction of sp³-hybridized carbons (Fsp3) is 0.684. The normalized spacial score (nSPS) is 15.3. The first-order valence-electron chi connectivity index (χ1n) is 9.89. The summed E-state index contributed by atoms with van der Waals surface area (Å²) in [6, 6.07) is 0. The van der Waals surface area contributed by atoms with Crippen LogP contribution in [-0.2, 0) is 16.1 Å². The van der Waals surface area contributed by atoms with E-state index in [9.17, 15) is 4.79 Å². The molecular weight excluding hydrogens is 412 g/mol. The summed E-state index contributed by atoms with van der Waals surface area (Å²) in [5, 5.41) is 9.50. The molecule has 8 nitrogen and oxygen atoms in total. The number of nitrogens with zero attached hydrogens (tertiary/aromatic N) is 5. The van der Waals surface area contributed by atoms with Gasteiger partial charge in [-0.05, 0) is 13.8 Å². The molecule has 0 bridgehead atoms. The first-order valence-corrected chi connectivity index (χ1v) is 11.3. The van der Waals surface area contributed by atoms with Crippen LogP contribution in [0.15, 0.2) is 11.4 Å². The van der Waals surface area contributed by atoms with Crippen molar-refractivity contribution in [3.63, 3.8) is 0 Å². The SMILES string of the molecule is CC(C)Sc1nc(N2CCOCC2)c2cnn(CCNC(=O)C(C)(C)CCl)c2n1. The van der Waals surface area contributed by atoms with Crippen molar-refractivity contribution in [2.24, 2.45) is 5.41 Å². The maximum atomic E-state index is 12.3. The minimum Gasteiger partial charge on any atom is -0.378 e. The van der Waals surface area contributed by atoms with Crippen LogP contribution >= 0.6 is 23.4 Å². The molecule has 10 heteroatoms. The van der Waals surface area contributed by atoms with E-state index in [1.807, 2.05) is 24.7 Å². The van der Waals surface area contributed by atoms with Crippen LogP contribution in [0.3, 0.4) is 0 Å². The van der Waals surface area contributed by atoms with Crippen molar-refractivity contribution in [1.29, 1.82) is 0 Å². The lowest BCUT2D eigenvalue weighted by Crippen LogP contribution is -2.39. The smallest absolute Gasteiger partial charge is 0.226 e. The molecular formula is C19H29ClN6O2S. The number of carbonyl (C=O) groups is 1. The van der Waals surface area contributed by atoms with Gasteiger partial charge in [-0.1, -0.05) is 25.6 Å². The van der Waals surface area contributed by atoms with Gasteiger partial charge in [-0.2, -0.15) is 5.10 Å². The number of thioether (sulfide) groups is 1. The van der Waals surface area contributed by atoms with Crippen molar-refractivity contribution in [3.05, 3.63) is 6.20 Å². The Morgan fingerprint density at radius 1 is 1.34 bits per heavy atom. The van der Waals surface area contributed by atoms with Gasteiger partial charge in [-0.15, -0.1) is 11.6 Å². The van der Waals surface area contributed by atoms with E-state index >= 15 is 0 Å². The number of halogens is 1. The van der Waals surface area contributed by atoms with E-state index in [0.29, 0.717) is 31.6 Å². The van der Waals surface area contributed by atoms with Crippen molar-refractivity contribution in [2.75, 3.05) is 43.6 Å². The number of rotatable bonds is 8. The molecule has 0 radical (unpaired) electrons.